The van der Waals surface area contributed by atoms with E-state index in [1.165, 1.54) is 4.31 Å². The van der Waals surface area contributed by atoms with Gasteiger partial charge in [-0.05, 0) is 49.2 Å². The maximum Gasteiger partial charge on any atom is 0.243 e. The Bertz CT molecular complexity index is 916. The molecule has 0 spiro atoms. The van der Waals surface area contributed by atoms with Gasteiger partial charge < -0.3 is 4.90 Å². The van der Waals surface area contributed by atoms with Crippen molar-refractivity contribution in [2.24, 2.45) is 0 Å². The Labute approximate surface area is 162 Å². The van der Waals surface area contributed by atoms with Gasteiger partial charge in [0.15, 0.2) is 0 Å². The Kier molecular flexibility index (Phi) is 5.50. The quantitative estimate of drug-likeness (QED) is 0.720. The molecule has 2 aromatic rings. The molecule has 0 bridgehead atoms. The highest BCUT2D eigenvalue weighted by atomic mass is 79.9. The van der Waals surface area contributed by atoms with Gasteiger partial charge in [0.25, 0.3) is 0 Å². The van der Waals surface area contributed by atoms with Crippen LogP contribution in [-0.4, -0.2) is 37.8 Å². The fourth-order valence-electron chi connectivity index (χ4n) is 3.32. The number of nitrogens with zero attached hydrogens (tertiary/aromatic N) is 2. The number of halogens is 1. The van der Waals surface area contributed by atoms with Crippen molar-refractivity contribution < 1.29 is 13.2 Å². The third-order valence-corrected chi connectivity index (χ3v) is 7.00. The number of sulfonamides is 1. The van der Waals surface area contributed by atoms with Gasteiger partial charge >= 0.3 is 0 Å². The first kappa shape index (κ1) is 19.1. The van der Waals surface area contributed by atoms with Gasteiger partial charge in [0.2, 0.25) is 15.9 Å². The largest absolute Gasteiger partial charge is 0.308 e. The maximum absolute atomic E-state index is 13.0. The molecule has 0 fully saturated rings. The predicted octanol–water partition coefficient (Wildman–Crippen LogP) is 3.44. The lowest BCUT2D eigenvalue weighted by Gasteiger charge is -2.27. The Morgan fingerprint density at radius 3 is 2.58 bits per heavy atom. The smallest absolute Gasteiger partial charge is 0.243 e. The third-order valence-electron chi connectivity index (χ3n) is 4.57. The van der Waals surface area contributed by atoms with E-state index in [9.17, 15) is 13.2 Å². The van der Waals surface area contributed by atoms with Gasteiger partial charge in [0.1, 0.15) is 0 Å². The minimum absolute atomic E-state index is 0.00457. The first-order valence-corrected chi connectivity index (χ1v) is 10.7. The zero-order valence-corrected chi connectivity index (χ0v) is 17.1. The number of hydrogen-bond donors (Lipinski definition) is 0. The van der Waals surface area contributed by atoms with Gasteiger partial charge in [-0.3, -0.25) is 4.79 Å². The molecule has 0 radical (unpaired) electrons. The summed E-state index contributed by atoms with van der Waals surface area (Å²) in [6, 6.07) is 14.0. The molecule has 0 aromatic heterocycles. The normalized spacial score (nSPS) is 16.8. The van der Waals surface area contributed by atoms with Crippen LogP contribution in [0, 0.1) is 0 Å². The Morgan fingerprint density at radius 2 is 1.92 bits per heavy atom. The van der Waals surface area contributed by atoms with Crippen molar-refractivity contribution >= 4 is 37.5 Å². The third kappa shape index (κ3) is 3.56. The topological polar surface area (TPSA) is 57.7 Å². The molecule has 0 aliphatic carbocycles. The number of amides is 1. The molecule has 1 amide bonds. The molecule has 0 N–H and O–H groups in total. The van der Waals surface area contributed by atoms with E-state index in [4.69, 9.17) is 0 Å². The molecule has 1 atom stereocenters. The van der Waals surface area contributed by atoms with Crippen LogP contribution in [0.2, 0.25) is 0 Å². The number of benzene rings is 2. The summed E-state index contributed by atoms with van der Waals surface area (Å²) in [4.78, 5) is 14.9. The zero-order valence-electron chi connectivity index (χ0n) is 14.7. The summed E-state index contributed by atoms with van der Waals surface area (Å²) in [6.07, 6.45) is 0.762. The van der Waals surface area contributed by atoms with E-state index < -0.39 is 10.0 Å². The van der Waals surface area contributed by atoms with Gasteiger partial charge in [-0.15, -0.1) is 0 Å². The number of hydrogen-bond acceptors (Lipinski definition) is 3. The summed E-state index contributed by atoms with van der Waals surface area (Å²) in [5.74, 6) is -0.208. The van der Waals surface area contributed by atoms with Gasteiger partial charge in [0, 0.05) is 22.7 Å². The number of likely N-dealkylation sites (N-methyl/N-ethyl adjacent to an activating group) is 1. The molecular formula is C19H21BrN2O3S. The minimum Gasteiger partial charge on any atom is -0.308 e. The molecular weight excluding hydrogens is 416 g/mol. The van der Waals surface area contributed by atoms with E-state index in [2.05, 4.69) is 15.9 Å². The number of rotatable bonds is 5. The van der Waals surface area contributed by atoms with Gasteiger partial charge in [-0.25, -0.2) is 8.42 Å². The van der Waals surface area contributed by atoms with Gasteiger partial charge in [-0.2, -0.15) is 4.31 Å². The number of carbonyl (C=O) groups excluding carboxylic acids is 1. The monoisotopic (exact) mass is 436 g/mol. The summed E-state index contributed by atoms with van der Waals surface area (Å²) < 4.78 is 27.9. The number of carbonyl (C=O) groups is 1. The van der Waals surface area contributed by atoms with E-state index in [1.807, 2.05) is 25.1 Å². The summed E-state index contributed by atoms with van der Waals surface area (Å²) >= 11 is 3.45. The van der Waals surface area contributed by atoms with Crippen LogP contribution in [0.5, 0.6) is 0 Å². The summed E-state index contributed by atoms with van der Waals surface area (Å²) in [7, 11) is -3.70. The molecule has 1 aliphatic heterocycles. The van der Waals surface area contributed by atoms with Gasteiger partial charge in [0.05, 0.1) is 11.4 Å². The first-order valence-electron chi connectivity index (χ1n) is 8.50. The van der Waals surface area contributed by atoms with Crippen molar-refractivity contribution in [1.29, 1.82) is 0 Å². The molecule has 0 unspecified atom stereocenters. The summed E-state index contributed by atoms with van der Waals surface area (Å²) in [5.41, 5.74) is 1.95. The van der Waals surface area contributed by atoms with E-state index in [0.29, 0.717) is 0 Å². The SMILES string of the molecule is CCN(CC(=O)N1c2ccc(Br)cc2C[C@H]1C)S(=O)(=O)c1ccccc1. The van der Waals surface area contributed by atoms with Gasteiger partial charge in [-0.1, -0.05) is 41.1 Å². The van der Waals surface area contributed by atoms with Crippen molar-refractivity contribution in [3.8, 4) is 0 Å². The second-order valence-corrected chi connectivity index (χ2v) is 9.19. The second kappa shape index (κ2) is 7.50. The van der Waals surface area contributed by atoms with Crippen LogP contribution in [0.1, 0.15) is 19.4 Å². The Hall–Kier alpha value is -1.70. The van der Waals surface area contributed by atoms with Crippen LogP contribution in [-0.2, 0) is 21.2 Å². The summed E-state index contributed by atoms with van der Waals surface area (Å²) in [5, 5.41) is 0. The molecule has 5 nitrogen and oxygen atoms in total. The van der Waals surface area contributed by atoms with Crippen molar-refractivity contribution in [2.75, 3.05) is 18.0 Å². The van der Waals surface area contributed by atoms with Crippen LogP contribution >= 0.6 is 15.9 Å². The van der Waals surface area contributed by atoms with Crippen molar-refractivity contribution in [1.82, 2.24) is 4.31 Å². The molecule has 1 aliphatic rings. The van der Waals surface area contributed by atoms with E-state index in [1.54, 1.807) is 42.2 Å². The maximum atomic E-state index is 13.0. The Balaban J connectivity index is 1.85. The lowest BCUT2D eigenvalue weighted by Crippen LogP contribution is -2.45. The average Bonchev–Trinajstić information content (AvgIpc) is 2.94. The molecule has 0 saturated heterocycles. The van der Waals surface area contributed by atoms with Crippen molar-refractivity contribution in [3.05, 3.63) is 58.6 Å². The minimum atomic E-state index is -3.70. The standard InChI is InChI=1S/C19H21BrN2O3S/c1-3-21(26(24,25)17-7-5-4-6-8-17)13-19(23)22-14(2)11-15-12-16(20)9-10-18(15)22/h4-10,12,14H,3,11,13H2,1-2H3/t14-/m1/s1. The molecule has 1 heterocycles. The van der Waals surface area contributed by atoms with Crippen LogP contribution < -0.4 is 4.90 Å². The number of fused-ring (bicyclic) bond motifs is 1. The lowest BCUT2D eigenvalue weighted by atomic mass is 10.1. The molecule has 3 rings (SSSR count). The van der Waals surface area contributed by atoms with E-state index >= 15 is 0 Å². The van der Waals surface area contributed by atoms with Crippen LogP contribution in [0.3, 0.4) is 0 Å². The lowest BCUT2D eigenvalue weighted by molar-refractivity contribution is -0.119. The molecule has 0 saturated carbocycles. The van der Waals surface area contributed by atoms with Crippen LogP contribution in [0.25, 0.3) is 0 Å². The fraction of sp³-hybridized carbons (Fsp3) is 0.316. The molecule has 26 heavy (non-hydrogen) atoms. The number of anilines is 1. The first-order chi connectivity index (χ1) is 12.3. The fourth-order valence-corrected chi connectivity index (χ4v) is 5.14. The predicted molar refractivity (Wildman–Crippen MR) is 106 cm³/mol. The summed E-state index contributed by atoms with van der Waals surface area (Å²) in [6.45, 7) is 3.78. The van der Waals surface area contributed by atoms with Crippen LogP contribution in [0.4, 0.5) is 5.69 Å². The molecule has 138 valence electrons. The van der Waals surface area contributed by atoms with E-state index in [-0.39, 0.29) is 29.9 Å². The van der Waals surface area contributed by atoms with Crippen LogP contribution in [0.15, 0.2) is 57.9 Å². The highest BCUT2D eigenvalue weighted by Gasteiger charge is 2.34. The second-order valence-electron chi connectivity index (χ2n) is 6.33. The average molecular weight is 437 g/mol. The highest BCUT2D eigenvalue weighted by molar-refractivity contribution is 9.10. The van der Waals surface area contributed by atoms with Crippen molar-refractivity contribution in [2.45, 2.75) is 31.2 Å². The molecule has 2 aromatic carbocycles. The van der Waals surface area contributed by atoms with Crippen molar-refractivity contribution in [3.63, 3.8) is 0 Å². The molecule has 7 heteroatoms. The van der Waals surface area contributed by atoms with E-state index in [0.717, 1.165) is 22.1 Å². The Morgan fingerprint density at radius 1 is 1.23 bits per heavy atom. The zero-order chi connectivity index (χ0) is 18.9. The highest BCUT2D eigenvalue weighted by Crippen LogP contribution is 2.34.